The van der Waals surface area contributed by atoms with Gasteiger partial charge in [0.05, 0.1) is 30.4 Å². The average molecular weight is 347 g/mol. The quantitative estimate of drug-likeness (QED) is 0.450. The Morgan fingerprint density at radius 2 is 1.96 bits per heavy atom. The summed E-state index contributed by atoms with van der Waals surface area (Å²) in [6.45, 7) is 2.11. The fourth-order valence-corrected chi connectivity index (χ4v) is 2.71. The second-order valence-electron chi connectivity index (χ2n) is 5.27. The topological polar surface area (TPSA) is 79.3 Å². The summed E-state index contributed by atoms with van der Waals surface area (Å²) < 4.78 is 5.24. The molecule has 0 radical (unpaired) electrons. The van der Waals surface area contributed by atoms with E-state index in [-0.39, 0.29) is 6.61 Å². The van der Waals surface area contributed by atoms with Gasteiger partial charge < -0.3 is 20.5 Å². The summed E-state index contributed by atoms with van der Waals surface area (Å²) in [4.78, 5) is 9.18. The first-order valence-corrected chi connectivity index (χ1v) is 8.10. The van der Waals surface area contributed by atoms with E-state index in [1.165, 1.54) is 0 Å². The number of pyridine rings is 2. The third-order valence-electron chi connectivity index (χ3n) is 3.66. The van der Waals surface area contributed by atoms with Crippen molar-refractivity contribution in [3.63, 3.8) is 0 Å². The monoisotopic (exact) mass is 346 g/mol. The second-order valence-corrected chi connectivity index (χ2v) is 5.71. The highest BCUT2D eigenvalue weighted by Crippen LogP contribution is 2.32. The van der Waals surface area contributed by atoms with Gasteiger partial charge in [-0.25, -0.2) is 9.97 Å². The highest BCUT2D eigenvalue weighted by atomic mass is 35.5. The van der Waals surface area contributed by atoms with Gasteiger partial charge in [0, 0.05) is 36.1 Å². The molecular formula is C17H19ClN4O2. The molecule has 1 aromatic carbocycles. The van der Waals surface area contributed by atoms with Gasteiger partial charge in [-0.1, -0.05) is 11.6 Å². The van der Waals surface area contributed by atoms with Crippen molar-refractivity contribution in [2.45, 2.75) is 0 Å². The number of nitrogens with one attached hydrogen (secondary N) is 2. The van der Waals surface area contributed by atoms with Crippen molar-refractivity contribution in [1.29, 1.82) is 0 Å². The Hall–Kier alpha value is -2.15. The van der Waals surface area contributed by atoms with E-state index >= 15 is 0 Å². The van der Waals surface area contributed by atoms with E-state index in [0.717, 1.165) is 34.2 Å². The zero-order valence-corrected chi connectivity index (χ0v) is 14.1. The lowest BCUT2D eigenvalue weighted by atomic mass is 10.1. The number of nitrogens with zero attached hydrogens (tertiary/aromatic N) is 2. The van der Waals surface area contributed by atoms with Crippen molar-refractivity contribution in [3.8, 4) is 5.88 Å². The third-order valence-corrected chi connectivity index (χ3v) is 3.89. The minimum absolute atomic E-state index is 0.123. The average Bonchev–Trinajstić information content (AvgIpc) is 2.60. The van der Waals surface area contributed by atoms with Crippen LogP contribution < -0.4 is 15.4 Å². The van der Waals surface area contributed by atoms with Gasteiger partial charge in [-0.05, 0) is 24.3 Å². The van der Waals surface area contributed by atoms with Crippen LogP contribution in [0.4, 0.5) is 5.69 Å². The molecule has 0 spiro atoms. The molecule has 0 aliphatic rings. The Bertz CT molecular complexity index is 857. The molecule has 0 amide bonds. The van der Waals surface area contributed by atoms with Gasteiger partial charge in [-0.3, -0.25) is 0 Å². The van der Waals surface area contributed by atoms with Crippen LogP contribution in [0.15, 0.2) is 30.3 Å². The maximum atomic E-state index is 8.82. The molecule has 0 aliphatic heterocycles. The summed E-state index contributed by atoms with van der Waals surface area (Å²) in [5.74, 6) is 0.541. The molecule has 126 valence electrons. The molecule has 0 unspecified atom stereocenters. The third kappa shape index (κ3) is 3.51. The summed E-state index contributed by atoms with van der Waals surface area (Å²) in [5, 5.41) is 17.0. The van der Waals surface area contributed by atoms with Gasteiger partial charge in [-0.15, -0.1) is 0 Å². The Kier molecular flexibility index (Phi) is 5.30. The Balaban J connectivity index is 2.05. The molecule has 7 heteroatoms. The lowest BCUT2D eigenvalue weighted by molar-refractivity contribution is 0.293. The number of aliphatic hydroxyl groups is 1. The molecule has 2 heterocycles. The zero-order chi connectivity index (χ0) is 16.9. The first-order chi connectivity index (χ1) is 11.7. The lowest BCUT2D eigenvalue weighted by Crippen LogP contribution is -2.25. The standard InChI is InChI=1S/C17H19ClN4O2/c1-24-15-5-4-13-17(22-15)16(20-7-6-19-8-9-23)12-3-2-11(18)10-14(12)21-13/h2-5,10,19,23H,6-9H2,1H3,(H,20,21). The molecule has 0 saturated heterocycles. The first-order valence-electron chi connectivity index (χ1n) is 7.72. The van der Waals surface area contributed by atoms with Crippen molar-refractivity contribution in [2.75, 3.05) is 38.7 Å². The Labute approximate surface area is 144 Å². The smallest absolute Gasteiger partial charge is 0.213 e. The molecule has 3 rings (SSSR count). The SMILES string of the molecule is COc1ccc2nc3cc(Cl)ccc3c(NCCNCCO)c2n1. The van der Waals surface area contributed by atoms with E-state index in [1.807, 2.05) is 24.3 Å². The summed E-state index contributed by atoms with van der Waals surface area (Å²) >= 11 is 6.10. The minimum atomic E-state index is 0.123. The van der Waals surface area contributed by atoms with Crippen LogP contribution in [0.2, 0.25) is 5.02 Å². The number of hydrogen-bond donors (Lipinski definition) is 3. The largest absolute Gasteiger partial charge is 0.481 e. The van der Waals surface area contributed by atoms with Gasteiger partial charge in [0.15, 0.2) is 0 Å². The van der Waals surface area contributed by atoms with Gasteiger partial charge in [0.25, 0.3) is 0 Å². The van der Waals surface area contributed by atoms with E-state index < -0.39 is 0 Å². The second kappa shape index (κ2) is 7.61. The predicted octanol–water partition coefficient (Wildman–Crippen LogP) is 2.44. The summed E-state index contributed by atoms with van der Waals surface area (Å²) in [6, 6.07) is 9.30. The predicted molar refractivity (Wildman–Crippen MR) is 97.1 cm³/mol. The highest BCUT2D eigenvalue weighted by molar-refractivity contribution is 6.31. The molecule has 0 saturated carbocycles. The van der Waals surface area contributed by atoms with Crippen LogP contribution in [0, 0.1) is 0 Å². The number of aromatic nitrogens is 2. The van der Waals surface area contributed by atoms with Crippen molar-refractivity contribution in [1.82, 2.24) is 15.3 Å². The number of fused-ring (bicyclic) bond motifs is 2. The Morgan fingerprint density at radius 1 is 1.08 bits per heavy atom. The fourth-order valence-electron chi connectivity index (χ4n) is 2.55. The van der Waals surface area contributed by atoms with E-state index in [4.69, 9.17) is 21.4 Å². The number of benzene rings is 1. The van der Waals surface area contributed by atoms with Crippen LogP contribution in [0.1, 0.15) is 0 Å². The Morgan fingerprint density at radius 3 is 2.75 bits per heavy atom. The van der Waals surface area contributed by atoms with Crippen molar-refractivity contribution < 1.29 is 9.84 Å². The molecule has 0 bridgehead atoms. The summed E-state index contributed by atoms with van der Waals surface area (Å²) in [6.07, 6.45) is 0. The van der Waals surface area contributed by atoms with Crippen molar-refractivity contribution in [3.05, 3.63) is 35.4 Å². The molecule has 0 atom stereocenters. The minimum Gasteiger partial charge on any atom is -0.481 e. The molecule has 24 heavy (non-hydrogen) atoms. The number of methoxy groups -OCH3 is 1. The number of hydrogen-bond acceptors (Lipinski definition) is 6. The van der Waals surface area contributed by atoms with E-state index in [1.54, 1.807) is 13.2 Å². The van der Waals surface area contributed by atoms with Crippen LogP contribution in [0.5, 0.6) is 5.88 Å². The lowest BCUT2D eigenvalue weighted by Gasteiger charge is -2.13. The summed E-state index contributed by atoms with van der Waals surface area (Å²) in [7, 11) is 1.59. The van der Waals surface area contributed by atoms with Gasteiger partial charge in [0.2, 0.25) is 5.88 Å². The molecule has 3 N–H and O–H groups in total. The van der Waals surface area contributed by atoms with Gasteiger partial charge >= 0.3 is 0 Å². The fraction of sp³-hybridized carbons (Fsp3) is 0.294. The van der Waals surface area contributed by atoms with Crippen LogP contribution in [-0.2, 0) is 0 Å². The number of ether oxygens (including phenoxy) is 1. The van der Waals surface area contributed by atoms with Crippen LogP contribution in [-0.4, -0.2) is 48.4 Å². The number of rotatable bonds is 7. The molecule has 6 nitrogen and oxygen atoms in total. The van der Waals surface area contributed by atoms with Gasteiger partial charge in [0.1, 0.15) is 5.52 Å². The maximum Gasteiger partial charge on any atom is 0.213 e. The molecule has 0 fully saturated rings. The van der Waals surface area contributed by atoms with Crippen molar-refractivity contribution in [2.24, 2.45) is 0 Å². The number of aliphatic hydroxyl groups excluding tert-OH is 1. The van der Waals surface area contributed by atoms with Crippen LogP contribution >= 0.6 is 11.6 Å². The van der Waals surface area contributed by atoms with Crippen LogP contribution in [0.25, 0.3) is 21.9 Å². The zero-order valence-electron chi connectivity index (χ0n) is 13.3. The molecule has 3 aromatic rings. The van der Waals surface area contributed by atoms with E-state index in [9.17, 15) is 0 Å². The maximum absolute atomic E-state index is 8.82. The highest BCUT2D eigenvalue weighted by Gasteiger charge is 2.11. The van der Waals surface area contributed by atoms with E-state index in [0.29, 0.717) is 24.0 Å². The number of halogens is 1. The first kappa shape index (κ1) is 16.7. The molecule has 0 aliphatic carbocycles. The molecule has 2 aromatic heterocycles. The van der Waals surface area contributed by atoms with Crippen molar-refractivity contribution >= 4 is 39.2 Å². The summed E-state index contributed by atoms with van der Waals surface area (Å²) in [5.41, 5.74) is 3.24. The number of anilines is 1. The van der Waals surface area contributed by atoms with Crippen LogP contribution in [0.3, 0.4) is 0 Å². The normalized spacial score (nSPS) is 11.1. The molecular weight excluding hydrogens is 328 g/mol. The van der Waals surface area contributed by atoms with Gasteiger partial charge in [-0.2, -0.15) is 0 Å². The van der Waals surface area contributed by atoms with E-state index in [2.05, 4.69) is 20.6 Å².